The number of rotatable bonds is 15. The van der Waals surface area contributed by atoms with Gasteiger partial charge in [0.25, 0.3) is 0 Å². The van der Waals surface area contributed by atoms with Crippen LogP contribution in [0.15, 0.2) is 66.7 Å². The number of nitrogens with two attached hydrogens (primary N) is 1. The van der Waals surface area contributed by atoms with Crippen LogP contribution in [0.1, 0.15) is 55.5 Å². The number of halogens is 2. The van der Waals surface area contributed by atoms with Crippen molar-refractivity contribution >= 4 is 77.0 Å². The van der Waals surface area contributed by atoms with Crippen molar-refractivity contribution < 1.29 is 38.4 Å². The monoisotopic (exact) mass is 817 g/mol. The number of benzene rings is 3. The maximum atomic E-state index is 14.7. The van der Waals surface area contributed by atoms with Crippen molar-refractivity contribution in [2.45, 2.75) is 76.5 Å². The molecule has 54 heavy (non-hydrogen) atoms. The normalized spacial score (nSPS) is 17.1. The van der Waals surface area contributed by atoms with Crippen molar-refractivity contribution in [1.82, 2.24) is 20.5 Å². The van der Waals surface area contributed by atoms with Crippen molar-refractivity contribution in [3.63, 3.8) is 0 Å². The Bertz CT molecular complexity index is 2080. The standard InChI is InChI=1S/C37H42Cl2N5O8PS/c1-3-21(2)31(33(40)54)42-35(46)37(16-15-29-27(19-37)26-17-24(38)18-28(39)32(26)41-29)43-34(45)30(44(36(47)48)20-23-7-5-4-6-8-23)14-11-22-9-12-25(13-10-22)52-53(49,50)51/h4-10,12-13,17-18,21,30-31,41H,3,11,14-16,19-20H2,1-2H3,(H2,40,54)(H,42,46)(H,43,45)(H,47,48)(H2,49,50,51)/t21-,30-,31?,37+/m0/s1. The minimum absolute atomic E-state index is 0.00665. The molecular weight excluding hydrogens is 776 g/mol. The van der Waals surface area contributed by atoms with Gasteiger partial charge in [-0.1, -0.05) is 98.2 Å². The molecule has 1 aliphatic rings. The van der Waals surface area contributed by atoms with Crippen LogP contribution < -0.4 is 20.9 Å². The Kier molecular flexibility index (Phi) is 13.0. The van der Waals surface area contributed by atoms with Crippen LogP contribution >= 0.6 is 43.2 Å². The van der Waals surface area contributed by atoms with Gasteiger partial charge in [0.05, 0.1) is 21.6 Å². The van der Waals surface area contributed by atoms with E-state index in [0.29, 0.717) is 44.9 Å². The second-order valence-electron chi connectivity index (χ2n) is 13.6. The van der Waals surface area contributed by atoms with Gasteiger partial charge >= 0.3 is 13.9 Å². The molecular formula is C37H42Cl2N5O8PS. The molecule has 1 aromatic heterocycles. The Morgan fingerprint density at radius 1 is 1.09 bits per heavy atom. The third-order valence-corrected chi connectivity index (χ3v) is 11.1. The van der Waals surface area contributed by atoms with Crippen molar-refractivity contribution in [2.75, 3.05) is 0 Å². The first-order chi connectivity index (χ1) is 25.5. The van der Waals surface area contributed by atoms with Crippen molar-refractivity contribution in [2.24, 2.45) is 11.7 Å². The van der Waals surface area contributed by atoms with Gasteiger partial charge in [-0.15, -0.1) is 0 Å². The first-order valence-electron chi connectivity index (χ1n) is 17.3. The number of carboxylic acid groups (broad SMARTS) is 1. The number of H-pyrrole nitrogens is 1. The fourth-order valence-electron chi connectivity index (χ4n) is 6.83. The third-order valence-electron chi connectivity index (χ3n) is 9.88. The van der Waals surface area contributed by atoms with Gasteiger partial charge in [-0.25, -0.2) is 9.36 Å². The molecule has 0 saturated carbocycles. The summed E-state index contributed by atoms with van der Waals surface area (Å²) >= 11 is 18.3. The lowest BCUT2D eigenvalue weighted by Gasteiger charge is -2.40. The molecule has 288 valence electrons. The van der Waals surface area contributed by atoms with E-state index in [-0.39, 0.29) is 48.9 Å². The summed E-state index contributed by atoms with van der Waals surface area (Å²) in [6, 6.07) is 16.1. The number of nitrogens with zero attached hydrogens (tertiary/aromatic N) is 1. The highest BCUT2D eigenvalue weighted by molar-refractivity contribution is 7.80. The van der Waals surface area contributed by atoms with Crippen LogP contribution in [0.2, 0.25) is 10.0 Å². The predicted octanol–water partition coefficient (Wildman–Crippen LogP) is 6.29. The quantitative estimate of drug-likeness (QED) is 0.0527. The van der Waals surface area contributed by atoms with Gasteiger partial charge in [0, 0.05) is 29.1 Å². The van der Waals surface area contributed by atoms with E-state index < -0.39 is 43.4 Å². The molecule has 4 atom stereocenters. The fraction of sp³-hybridized carbons (Fsp3) is 0.351. The van der Waals surface area contributed by atoms with Crippen LogP contribution in [0.4, 0.5) is 4.79 Å². The molecule has 17 heteroatoms. The van der Waals surface area contributed by atoms with Gasteiger partial charge < -0.3 is 31.0 Å². The van der Waals surface area contributed by atoms with E-state index in [9.17, 15) is 24.1 Å². The summed E-state index contributed by atoms with van der Waals surface area (Å²) < 4.78 is 15.9. The molecule has 8 N–H and O–H groups in total. The smallest absolute Gasteiger partial charge is 0.465 e. The lowest BCUT2D eigenvalue weighted by molar-refractivity contribution is -0.137. The van der Waals surface area contributed by atoms with Gasteiger partial charge in [0.1, 0.15) is 17.3 Å². The largest absolute Gasteiger partial charge is 0.524 e. The zero-order chi connectivity index (χ0) is 39.4. The predicted molar refractivity (Wildman–Crippen MR) is 211 cm³/mol. The highest BCUT2D eigenvalue weighted by Gasteiger charge is 2.47. The Morgan fingerprint density at radius 3 is 2.39 bits per heavy atom. The Balaban J connectivity index is 1.54. The molecule has 1 heterocycles. The fourth-order valence-corrected chi connectivity index (χ4v) is 8.06. The SMILES string of the molecule is CC[C@H](C)C(NC(=O)[C@@]1(NC(=O)[C@H](CCc2ccc(OP(=O)(O)O)cc2)N(Cc2ccccc2)C(=O)O)CCc2[nH]c3c(Cl)cc(Cl)cc3c2C1)C(N)=S. The van der Waals surface area contributed by atoms with Crippen molar-refractivity contribution in [1.29, 1.82) is 0 Å². The third kappa shape index (κ3) is 9.73. The molecule has 4 aromatic rings. The van der Waals surface area contributed by atoms with Crippen LogP contribution in [-0.4, -0.2) is 65.3 Å². The summed E-state index contributed by atoms with van der Waals surface area (Å²) in [4.78, 5) is 65.1. The summed E-state index contributed by atoms with van der Waals surface area (Å²) in [6.45, 7) is 3.74. The average Bonchev–Trinajstić information content (AvgIpc) is 3.47. The molecule has 0 bridgehead atoms. The number of hydrogen-bond acceptors (Lipinski definition) is 6. The van der Waals surface area contributed by atoms with Crippen molar-refractivity contribution in [3.05, 3.63) is 99.2 Å². The van der Waals surface area contributed by atoms with Gasteiger partial charge in [0.2, 0.25) is 11.8 Å². The second kappa shape index (κ2) is 17.1. The summed E-state index contributed by atoms with van der Waals surface area (Å²) in [5.41, 5.74) is 8.04. The number of hydrogen-bond donors (Lipinski definition) is 7. The number of amides is 3. The lowest BCUT2D eigenvalue weighted by Crippen LogP contribution is -2.66. The number of aromatic nitrogens is 1. The minimum Gasteiger partial charge on any atom is -0.465 e. The van der Waals surface area contributed by atoms with E-state index in [1.165, 1.54) is 12.1 Å². The van der Waals surface area contributed by atoms with Crippen LogP contribution in [0, 0.1) is 5.92 Å². The number of phosphoric acid groups is 1. The number of aryl methyl sites for hydroxylation is 2. The maximum Gasteiger partial charge on any atom is 0.524 e. The van der Waals surface area contributed by atoms with Crippen LogP contribution in [0.3, 0.4) is 0 Å². The summed E-state index contributed by atoms with van der Waals surface area (Å²) in [7, 11) is -4.78. The molecule has 0 spiro atoms. The molecule has 3 aromatic carbocycles. The molecule has 1 unspecified atom stereocenters. The van der Waals surface area contributed by atoms with E-state index in [2.05, 4.69) is 20.1 Å². The summed E-state index contributed by atoms with van der Waals surface area (Å²) in [6.07, 6.45) is 0.0147. The van der Waals surface area contributed by atoms with Crippen LogP contribution in [0.25, 0.3) is 10.9 Å². The van der Waals surface area contributed by atoms with Crippen molar-refractivity contribution in [3.8, 4) is 5.75 Å². The number of thiocarbonyl (C=S) groups is 1. The Labute approximate surface area is 327 Å². The van der Waals surface area contributed by atoms with E-state index >= 15 is 0 Å². The highest BCUT2D eigenvalue weighted by atomic mass is 35.5. The minimum atomic E-state index is -4.78. The molecule has 5 rings (SSSR count). The topological polar surface area (TPSA) is 207 Å². The molecule has 0 radical (unpaired) electrons. The zero-order valence-corrected chi connectivity index (χ0v) is 32.8. The number of aromatic amines is 1. The van der Waals surface area contributed by atoms with E-state index in [4.69, 9.17) is 50.9 Å². The van der Waals surface area contributed by atoms with Gasteiger partial charge in [-0.3, -0.25) is 24.3 Å². The molecule has 0 fully saturated rings. The lowest BCUT2D eigenvalue weighted by atomic mass is 9.78. The number of fused-ring (bicyclic) bond motifs is 3. The van der Waals surface area contributed by atoms with Gasteiger partial charge in [0.15, 0.2) is 0 Å². The molecule has 13 nitrogen and oxygen atoms in total. The van der Waals surface area contributed by atoms with Crippen LogP contribution in [0.5, 0.6) is 5.75 Å². The first-order valence-corrected chi connectivity index (χ1v) is 20.0. The highest BCUT2D eigenvalue weighted by Crippen LogP contribution is 2.39. The first kappa shape index (κ1) is 41.0. The molecule has 0 saturated heterocycles. The average molecular weight is 819 g/mol. The number of carbonyl (C=O) groups is 3. The summed E-state index contributed by atoms with van der Waals surface area (Å²) in [5.74, 6) is -1.40. The molecule has 3 amide bonds. The molecule has 0 aliphatic heterocycles. The van der Waals surface area contributed by atoms with E-state index in [1.54, 1.807) is 54.6 Å². The summed E-state index contributed by atoms with van der Waals surface area (Å²) in [5, 5.41) is 18.1. The number of nitrogens with one attached hydrogen (secondary N) is 3. The zero-order valence-electron chi connectivity index (χ0n) is 29.6. The second-order valence-corrected chi connectivity index (χ2v) is 16.0. The van der Waals surface area contributed by atoms with Gasteiger partial charge in [-0.05, 0) is 72.6 Å². The van der Waals surface area contributed by atoms with Crippen LogP contribution in [-0.2, 0) is 40.0 Å². The van der Waals surface area contributed by atoms with Gasteiger partial charge in [-0.2, -0.15) is 0 Å². The van der Waals surface area contributed by atoms with E-state index in [1.807, 2.05) is 13.8 Å². The Morgan fingerprint density at radius 2 is 1.78 bits per heavy atom. The number of carbonyl (C=O) groups excluding carboxylic acids is 2. The molecule has 1 aliphatic carbocycles. The number of phosphoric ester groups is 1. The maximum absolute atomic E-state index is 14.7. The van der Waals surface area contributed by atoms with E-state index in [0.717, 1.165) is 16.2 Å². The Hall–Kier alpha value is -4.17.